The Labute approximate surface area is 227 Å². The Morgan fingerprint density at radius 1 is 1.14 bits per heavy atom. The fourth-order valence-corrected chi connectivity index (χ4v) is 5.24. The van der Waals surface area contributed by atoms with Gasteiger partial charge in [0.1, 0.15) is 17.7 Å². The van der Waals surface area contributed by atoms with Crippen molar-refractivity contribution in [2.45, 2.75) is 96.9 Å². The highest BCUT2D eigenvalue weighted by Gasteiger charge is 2.36. The number of rotatable bonds is 11. The van der Waals surface area contributed by atoms with E-state index < -0.39 is 23.8 Å². The van der Waals surface area contributed by atoms with Gasteiger partial charge >= 0.3 is 6.09 Å². The zero-order valence-corrected chi connectivity index (χ0v) is 24.2. The van der Waals surface area contributed by atoms with Crippen LogP contribution < -0.4 is 10.6 Å². The highest BCUT2D eigenvalue weighted by atomic mass is 32.2. The van der Waals surface area contributed by atoms with Crippen LogP contribution in [-0.2, 0) is 14.3 Å². The maximum atomic E-state index is 14.0. The maximum absolute atomic E-state index is 14.0. The molecule has 1 saturated carbocycles. The van der Waals surface area contributed by atoms with E-state index in [9.17, 15) is 14.4 Å². The van der Waals surface area contributed by atoms with Gasteiger partial charge in [-0.2, -0.15) is 11.8 Å². The lowest BCUT2D eigenvalue weighted by Crippen LogP contribution is -2.54. The molecule has 0 bridgehead atoms. The van der Waals surface area contributed by atoms with E-state index in [2.05, 4.69) is 17.2 Å². The highest BCUT2D eigenvalue weighted by molar-refractivity contribution is 7.98. The van der Waals surface area contributed by atoms with Crippen LogP contribution in [0.25, 0.3) is 0 Å². The molecular weight excluding hydrogens is 486 g/mol. The Morgan fingerprint density at radius 3 is 2.30 bits per heavy atom. The third-order valence-electron chi connectivity index (χ3n) is 6.28. The lowest BCUT2D eigenvalue weighted by molar-refractivity contribution is -0.142. The molecule has 2 N–H and O–H groups in total. The van der Waals surface area contributed by atoms with E-state index in [-0.39, 0.29) is 24.4 Å². The average Bonchev–Trinajstić information content (AvgIpc) is 2.80. The molecule has 3 amide bonds. The molecule has 2 unspecified atom stereocenters. The fraction of sp³-hybridized carbons (Fsp3) is 0.621. The topological polar surface area (TPSA) is 87.7 Å². The van der Waals surface area contributed by atoms with E-state index in [1.807, 2.05) is 38.3 Å². The van der Waals surface area contributed by atoms with Crippen LogP contribution in [0.1, 0.15) is 82.0 Å². The van der Waals surface area contributed by atoms with Crippen molar-refractivity contribution >= 4 is 29.7 Å². The molecule has 1 aliphatic rings. The molecule has 1 aromatic rings. The van der Waals surface area contributed by atoms with Gasteiger partial charge in [-0.1, -0.05) is 54.7 Å². The Bertz CT molecular complexity index is 917. The molecule has 1 aliphatic carbocycles. The van der Waals surface area contributed by atoms with Gasteiger partial charge in [-0.3, -0.25) is 9.59 Å². The van der Waals surface area contributed by atoms with Crippen molar-refractivity contribution in [3.8, 4) is 0 Å². The van der Waals surface area contributed by atoms with Crippen LogP contribution in [0.5, 0.6) is 0 Å². The first-order chi connectivity index (χ1) is 17.4. The van der Waals surface area contributed by atoms with E-state index >= 15 is 0 Å². The van der Waals surface area contributed by atoms with E-state index in [4.69, 9.17) is 4.74 Å². The zero-order chi connectivity index (χ0) is 27.6. The standard InChI is InChI=1S/C29H45N3O4S/c1-8-15-32(27(34)24(14-16-37-7)31-28(35)36-29(4,5)6)25(22-18-20(2)17-21(3)19-22)26(33)30-23-12-10-9-11-13-23/h8,17-19,23-25H,1,9-16H2,2-7H3,(H,30,33)(H,31,35). The van der Waals surface area contributed by atoms with Crippen LogP contribution in [-0.4, -0.2) is 59.0 Å². The van der Waals surface area contributed by atoms with Crippen molar-refractivity contribution in [2.24, 2.45) is 0 Å². The number of hydrogen-bond donors (Lipinski definition) is 2. The molecule has 0 spiro atoms. The van der Waals surface area contributed by atoms with Gasteiger partial charge in [0, 0.05) is 12.6 Å². The van der Waals surface area contributed by atoms with Crippen LogP contribution >= 0.6 is 11.8 Å². The number of hydrogen-bond acceptors (Lipinski definition) is 5. The van der Waals surface area contributed by atoms with Crippen LogP contribution in [0.3, 0.4) is 0 Å². The zero-order valence-electron chi connectivity index (χ0n) is 23.4. The van der Waals surface area contributed by atoms with Crippen molar-refractivity contribution < 1.29 is 19.1 Å². The average molecular weight is 532 g/mol. The second-order valence-corrected chi connectivity index (χ2v) is 11.9. The third kappa shape index (κ3) is 10.1. The molecule has 37 heavy (non-hydrogen) atoms. The number of ether oxygens (including phenoxy) is 1. The molecule has 0 aliphatic heterocycles. The fourth-order valence-electron chi connectivity index (χ4n) is 4.77. The summed E-state index contributed by atoms with van der Waals surface area (Å²) in [6.45, 7) is 13.3. The number of alkyl carbamates (subject to hydrolysis) is 1. The summed E-state index contributed by atoms with van der Waals surface area (Å²) in [4.78, 5) is 42.1. The SMILES string of the molecule is C=CCN(C(=O)C(CCSC)NC(=O)OC(C)(C)C)C(C(=O)NC1CCCCC1)c1cc(C)cc(C)c1. The van der Waals surface area contributed by atoms with Crippen molar-refractivity contribution in [2.75, 3.05) is 18.6 Å². The smallest absolute Gasteiger partial charge is 0.408 e. The minimum atomic E-state index is -0.844. The first-order valence-electron chi connectivity index (χ1n) is 13.2. The Kier molecular flexibility index (Phi) is 12.0. The minimum Gasteiger partial charge on any atom is -0.444 e. The van der Waals surface area contributed by atoms with Gasteiger partial charge in [0.05, 0.1) is 0 Å². The molecule has 206 valence electrons. The van der Waals surface area contributed by atoms with E-state index in [1.54, 1.807) is 43.5 Å². The van der Waals surface area contributed by atoms with Gasteiger partial charge in [-0.25, -0.2) is 4.79 Å². The molecular formula is C29H45N3O4S. The molecule has 0 heterocycles. The summed E-state index contributed by atoms with van der Waals surface area (Å²) in [5.74, 6) is 0.132. The predicted octanol–water partition coefficient (Wildman–Crippen LogP) is 5.45. The van der Waals surface area contributed by atoms with Crippen molar-refractivity contribution in [3.63, 3.8) is 0 Å². The summed E-state index contributed by atoms with van der Waals surface area (Å²) < 4.78 is 5.44. The molecule has 2 atom stereocenters. The monoisotopic (exact) mass is 531 g/mol. The van der Waals surface area contributed by atoms with Crippen molar-refractivity contribution in [3.05, 3.63) is 47.5 Å². The van der Waals surface area contributed by atoms with E-state index in [0.717, 1.165) is 42.4 Å². The summed E-state index contributed by atoms with van der Waals surface area (Å²) in [5.41, 5.74) is 2.09. The number of carbonyl (C=O) groups excluding carboxylic acids is 3. The van der Waals surface area contributed by atoms with E-state index in [1.165, 1.54) is 6.42 Å². The van der Waals surface area contributed by atoms with Gasteiger partial charge in [0.15, 0.2) is 0 Å². The Morgan fingerprint density at radius 2 is 1.76 bits per heavy atom. The first-order valence-corrected chi connectivity index (χ1v) is 14.6. The molecule has 0 aromatic heterocycles. The second-order valence-electron chi connectivity index (χ2n) is 10.9. The molecule has 0 radical (unpaired) electrons. The molecule has 2 rings (SSSR count). The molecule has 1 aromatic carbocycles. The number of amides is 3. The quantitative estimate of drug-likeness (QED) is 0.371. The number of aryl methyl sites for hydroxylation is 2. The number of nitrogens with one attached hydrogen (secondary N) is 2. The Hall–Kier alpha value is -2.48. The Balaban J connectivity index is 2.45. The van der Waals surface area contributed by atoms with Gasteiger partial charge in [-0.05, 0) is 71.5 Å². The summed E-state index contributed by atoms with van der Waals surface area (Å²) in [5, 5.41) is 5.99. The third-order valence-corrected chi connectivity index (χ3v) is 6.92. The summed E-state index contributed by atoms with van der Waals surface area (Å²) in [6, 6.07) is 4.38. The first kappa shape index (κ1) is 30.7. The van der Waals surface area contributed by atoms with Crippen LogP contribution in [0.15, 0.2) is 30.9 Å². The summed E-state index contributed by atoms with van der Waals surface area (Å²) >= 11 is 1.59. The minimum absolute atomic E-state index is 0.0996. The summed E-state index contributed by atoms with van der Waals surface area (Å²) in [7, 11) is 0. The molecule has 0 saturated heterocycles. The molecule has 7 nitrogen and oxygen atoms in total. The lowest BCUT2D eigenvalue weighted by Gasteiger charge is -2.35. The van der Waals surface area contributed by atoms with Gasteiger partial charge in [-0.15, -0.1) is 6.58 Å². The van der Waals surface area contributed by atoms with Gasteiger partial charge in [0.2, 0.25) is 11.8 Å². The summed E-state index contributed by atoms with van der Waals surface area (Å²) in [6.07, 6.45) is 8.58. The van der Waals surface area contributed by atoms with Gasteiger partial charge in [0.25, 0.3) is 0 Å². The van der Waals surface area contributed by atoms with E-state index in [0.29, 0.717) is 12.2 Å². The number of thioether (sulfide) groups is 1. The van der Waals surface area contributed by atoms with Crippen molar-refractivity contribution in [1.29, 1.82) is 0 Å². The van der Waals surface area contributed by atoms with Crippen LogP contribution in [0.2, 0.25) is 0 Å². The second kappa shape index (κ2) is 14.5. The normalized spacial score (nSPS) is 15.8. The number of carbonyl (C=O) groups is 3. The number of benzene rings is 1. The van der Waals surface area contributed by atoms with Crippen molar-refractivity contribution in [1.82, 2.24) is 15.5 Å². The lowest BCUT2D eigenvalue weighted by atomic mass is 9.94. The maximum Gasteiger partial charge on any atom is 0.408 e. The molecule has 8 heteroatoms. The molecule has 1 fully saturated rings. The van der Waals surface area contributed by atoms with Gasteiger partial charge < -0.3 is 20.3 Å². The van der Waals surface area contributed by atoms with Crippen LogP contribution in [0.4, 0.5) is 4.79 Å². The highest BCUT2D eigenvalue weighted by Crippen LogP contribution is 2.27. The predicted molar refractivity (Wildman–Crippen MR) is 152 cm³/mol. The largest absolute Gasteiger partial charge is 0.444 e. The van der Waals surface area contributed by atoms with Crippen LogP contribution in [0, 0.1) is 13.8 Å². The number of nitrogens with zero attached hydrogens (tertiary/aromatic N) is 1.